The number of halogens is 1. The highest BCUT2D eigenvalue weighted by molar-refractivity contribution is 6.03. The number of hydrogen-bond acceptors (Lipinski definition) is 4. The quantitative estimate of drug-likeness (QED) is 0.779. The van der Waals surface area contributed by atoms with Crippen molar-refractivity contribution in [2.24, 2.45) is 0 Å². The Bertz CT molecular complexity index is 880. The maximum atomic E-state index is 14.0. The molecule has 3 rings (SSSR count). The monoisotopic (exact) mass is 371 g/mol. The number of carbonyl (C=O) groups excluding carboxylic acids is 2. The molecule has 2 aromatic carbocycles. The number of hydrogen-bond donors (Lipinski definition) is 0. The fraction of sp³-hybridized carbons (Fsp3) is 0.333. The predicted molar refractivity (Wildman–Crippen MR) is 98.7 cm³/mol. The number of para-hydroxylation sites is 1. The molecular formula is C21H22FNO4. The highest BCUT2D eigenvalue weighted by Gasteiger charge is 2.32. The average Bonchev–Trinajstić information content (AvgIpc) is 2.96. The van der Waals surface area contributed by atoms with Crippen molar-refractivity contribution >= 4 is 11.7 Å². The summed E-state index contributed by atoms with van der Waals surface area (Å²) in [5.74, 6) is -0.0246. The smallest absolute Gasteiger partial charge is 0.260 e. The molecule has 1 unspecified atom stereocenters. The summed E-state index contributed by atoms with van der Waals surface area (Å²) in [5.41, 5.74) is 1.53. The van der Waals surface area contributed by atoms with Crippen molar-refractivity contribution in [2.45, 2.75) is 25.8 Å². The van der Waals surface area contributed by atoms with Crippen molar-refractivity contribution in [3.63, 3.8) is 0 Å². The van der Waals surface area contributed by atoms with Gasteiger partial charge in [-0.15, -0.1) is 0 Å². The molecule has 0 fully saturated rings. The lowest BCUT2D eigenvalue weighted by Crippen LogP contribution is -2.31. The van der Waals surface area contributed by atoms with Crippen LogP contribution in [0.4, 0.5) is 4.39 Å². The van der Waals surface area contributed by atoms with E-state index >= 15 is 0 Å². The Kier molecular flexibility index (Phi) is 5.44. The second-order valence-corrected chi connectivity index (χ2v) is 6.71. The molecule has 1 amide bonds. The molecule has 1 aliphatic carbocycles. The van der Waals surface area contributed by atoms with E-state index in [1.54, 1.807) is 14.2 Å². The molecular weight excluding hydrogens is 349 g/mol. The number of carbonyl (C=O) groups is 2. The van der Waals surface area contributed by atoms with Crippen molar-refractivity contribution in [1.82, 2.24) is 4.90 Å². The highest BCUT2D eigenvalue weighted by atomic mass is 19.1. The van der Waals surface area contributed by atoms with E-state index in [1.807, 2.05) is 31.2 Å². The zero-order valence-electron chi connectivity index (χ0n) is 15.6. The Morgan fingerprint density at radius 3 is 2.70 bits per heavy atom. The van der Waals surface area contributed by atoms with Crippen LogP contribution < -0.4 is 9.47 Å². The Labute approximate surface area is 157 Å². The number of ether oxygens (including phenoxy) is 2. The molecule has 1 aliphatic rings. The third kappa shape index (κ3) is 3.79. The van der Waals surface area contributed by atoms with Crippen LogP contribution in [0.25, 0.3) is 0 Å². The van der Waals surface area contributed by atoms with Crippen molar-refractivity contribution in [3.8, 4) is 11.5 Å². The molecule has 0 aliphatic heterocycles. The predicted octanol–water partition coefficient (Wildman–Crippen LogP) is 3.56. The summed E-state index contributed by atoms with van der Waals surface area (Å²) in [7, 11) is 3.25. The van der Waals surface area contributed by atoms with Crippen LogP contribution >= 0.6 is 0 Å². The van der Waals surface area contributed by atoms with Crippen LogP contribution in [0.2, 0.25) is 0 Å². The van der Waals surface area contributed by atoms with Gasteiger partial charge in [-0.2, -0.15) is 0 Å². The van der Waals surface area contributed by atoms with Gasteiger partial charge in [0, 0.05) is 31.1 Å². The van der Waals surface area contributed by atoms with E-state index in [4.69, 9.17) is 9.47 Å². The fourth-order valence-corrected chi connectivity index (χ4v) is 3.37. The van der Waals surface area contributed by atoms with Gasteiger partial charge in [0.2, 0.25) is 0 Å². The molecule has 27 heavy (non-hydrogen) atoms. The van der Waals surface area contributed by atoms with Crippen molar-refractivity contribution in [2.75, 3.05) is 20.8 Å². The molecule has 0 radical (unpaired) electrons. The van der Waals surface area contributed by atoms with E-state index in [-0.39, 0.29) is 41.9 Å². The molecule has 0 aromatic heterocycles. The van der Waals surface area contributed by atoms with Crippen LogP contribution in [0, 0.1) is 5.82 Å². The molecule has 1 atom stereocenters. The number of benzene rings is 2. The number of ketones is 1. The standard InChI is InChI=1S/C21H22FNO4/c1-13-10-16(24)21-18(9-8-15(22)20(13)21)27-12-19(25)23(2)11-14-6-4-5-7-17(14)26-3/h4-9,13H,10-12H2,1-3H3. The van der Waals surface area contributed by atoms with Crippen molar-refractivity contribution in [3.05, 3.63) is 58.9 Å². The van der Waals surface area contributed by atoms with Gasteiger partial charge in [-0.05, 0) is 24.1 Å². The molecule has 2 aromatic rings. The minimum atomic E-state index is -0.407. The van der Waals surface area contributed by atoms with Crippen LogP contribution in [-0.2, 0) is 11.3 Å². The third-order valence-corrected chi connectivity index (χ3v) is 4.79. The molecule has 0 bridgehead atoms. The third-order valence-electron chi connectivity index (χ3n) is 4.79. The molecule has 0 spiro atoms. The molecule has 5 nitrogen and oxygen atoms in total. The summed E-state index contributed by atoms with van der Waals surface area (Å²) in [6.07, 6.45) is 0.258. The summed E-state index contributed by atoms with van der Waals surface area (Å²) in [5, 5.41) is 0. The molecule has 142 valence electrons. The second kappa shape index (κ2) is 7.78. The van der Waals surface area contributed by atoms with Crippen LogP contribution in [0.1, 0.15) is 40.7 Å². The maximum absolute atomic E-state index is 14.0. The lowest BCUT2D eigenvalue weighted by Gasteiger charge is -2.19. The fourth-order valence-electron chi connectivity index (χ4n) is 3.37. The lowest BCUT2D eigenvalue weighted by atomic mass is 10.0. The Balaban J connectivity index is 1.69. The second-order valence-electron chi connectivity index (χ2n) is 6.71. The Morgan fingerprint density at radius 1 is 1.22 bits per heavy atom. The molecule has 0 saturated heterocycles. The summed E-state index contributed by atoms with van der Waals surface area (Å²) >= 11 is 0. The minimum absolute atomic E-state index is 0.151. The number of amides is 1. The number of methoxy groups -OCH3 is 1. The van der Waals surface area contributed by atoms with Crippen LogP contribution in [0.15, 0.2) is 36.4 Å². The van der Waals surface area contributed by atoms with Gasteiger partial charge in [0.1, 0.15) is 17.3 Å². The Hall–Kier alpha value is -2.89. The number of rotatable bonds is 6. The topological polar surface area (TPSA) is 55.8 Å². The van der Waals surface area contributed by atoms with E-state index in [9.17, 15) is 14.0 Å². The summed E-state index contributed by atoms with van der Waals surface area (Å²) in [4.78, 5) is 26.1. The minimum Gasteiger partial charge on any atom is -0.496 e. The van der Waals surface area contributed by atoms with Gasteiger partial charge in [0.25, 0.3) is 5.91 Å². The molecule has 0 saturated carbocycles. The molecule has 0 N–H and O–H groups in total. The first kappa shape index (κ1) is 18.9. The first-order valence-electron chi connectivity index (χ1n) is 8.76. The first-order valence-corrected chi connectivity index (χ1v) is 8.76. The van der Waals surface area contributed by atoms with Crippen molar-refractivity contribution < 1.29 is 23.5 Å². The largest absolute Gasteiger partial charge is 0.496 e. The number of fused-ring (bicyclic) bond motifs is 1. The van der Waals surface area contributed by atoms with Crippen molar-refractivity contribution in [1.29, 1.82) is 0 Å². The van der Waals surface area contributed by atoms with E-state index in [2.05, 4.69) is 0 Å². The van der Waals surface area contributed by atoms with Gasteiger partial charge < -0.3 is 14.4 Å². The summed E-state index contributed by atoms with van der Waals surface area (Å²) in [6, 6.07) is 10.2. The van der Waals surface area contributed by atoms with Gasteiger partial charge in [-0.25, -0.2) is 4.39 Å². The first-order chi connectivity index (χ1) is 12.9. The van der Waals surface area contributed by atoms with E-state index in [0.29, 0.717) is 17.9 Å². The number of Topliss-reactive ketones (excluding diaryl/α,β-unsaturated/α-hetero) is 1. The molecule has 0 heterocycles. The van der Waals surface area contributed by atoms with E-state index in [1.165, 1.54) is 17.0 Å². The van der Waals surface area contributed by atoms with Gasteiger partial charge in [-0.1, -0.05) is 25.1 Å². The van der Waals surface area contributed by atoms with Crippen LogP contribution in [-0.4, -0.2) is 37.4 Å². The zero-order valence-corrected chi connectivity index (χ0v) is 15.6. The highest BCUT2D eigenvalue weighted by Crippen LogP contribution is 2.39. The Morgan fingerprint density at radius 2 is 1.96 bits per heavy atom. The lowest BCUT2D eigenvalue weighted by molar-refractivity contribution is -0.132. The summed E-state index contributed by atoms with van der Waals surface area (Å²) in [6.45, 7) is 1.94. The number of likely N-dealkylation sites (N-methyl/N-ethyl adjacent to an activating group) is 1. The van der Waals surface area contributed by atoms with E-state index < -0.39 is 5.82 Å². The molecule has 6 heteroatoms. The van der Waals surface area contributed by atoms with Gasteiger partial charge in [0.15, 0.2) is 12.4 Å². The average molecular weight is 371 g/mol. The van der Waals surface area contributed by atoms with Crippen LogP contribution in [0.3, 0.4) is 0 Å². The number of nitrogens with zero attached hydrogens (tertiary/aromatic N) is 1. The van der Waals surface area contributed by atoms with Crippen LogP contribution in [0.5, 0.6) is 11.5 Å². The summed E-state index contributed by atoms with van der Waals surface area (Å²) < 4.78 is 24.9. The van der Waals surface area contributed by atoms with Gasteiger partial charge >= 0.3 is 0 Å². The van der Waals surface area contributed by atoms with E-state index in [0.717, 1.165) is 5.56 Å². The maximum Gasteiger partial charge on any atom is 0.260 e. The van der Waals surface area contributed by atoms with Gasteiger partial charge in [-0.3, -0.25) is 9.59 Å². The van der Waals surface area contributed by atoms with Gasteiger partial charge in [0.05, 0.1) is 12.7 Å². The zero-order chi connectivity index (χ0) is 19.6. The SMILES string of the molecule is COc1ccccc1CN(C)C(=O)COc1ccc(F)c2c1C(=O)CC2C. The normalized spacial score (nSPS) is 15.4.